The Morgan fingerprint density at radius 2 is 2.06 bits per heavy atom. The van der Waals surface area contributed by atoms with Crippen LogP contribution in [-0.4, -0.2) is 21.8 Å². The van der Waals surface area contributed by atoms with Crippen LogP contribution in [0.2, 0.25) is 0 Å². The van der Waals surface area contributed by atoms with Crippen molar-refractivity contribution in [1.82, 2.24) is 9.36 Å². The molecule has 0 unspecified atom stereocenters. The molecule has 1 amide bonds. The normalized spacial score (nSPS) is 10.2. The molecule has 2 rings (SSSR count). The molecule has 0 atom stereocenters. The van der Waals surface area contributed by atoms with E-state index in [0.29, 0.717) is 17.4 Å². The second-order valence-corrected chi connectivity index (χ2v) is 4.55. The third kappa shape index (κ3) is 3.17. The molecule has 1 heterocycles. The molecule has 0 spiro atoms. The summed E-state index contributed by atoms with van der Waals surface area (Å²) in [5, 5.41) is 0.672. The Balaban J connectivity index is 2.15. The minimum atomic E-state index is -0.402. The van der Waals surface area contributed by atoms with Crippen molar-refractivity contribution in [2.24, 2.45) is 5.73 Å². The Kier molecular flexibility index (Phi) is 3.73. The standard InChI is InChI=1S/C11H13N5OS/c12-9-3-1-8(2-4-9)5-16(6-10(13)17)11-14-7-15-18-11/h1-4,7H,5-6,12H2,(H2,13,17). The molecule has 4 N–H and O–H groups in total. The van der Waals surface area contributed by atoms with Crippen LogP contribution >= 0.6 is 11.5 Å². The molecule has 1 aromatic carbocycles. The molecule has 18 heavy (non-hydrogen) atoms. The van der Waals surface area contributed by atoms with Crippen LogP contribution in [0.3, 0.4) is 0 Å². The number of hydrogen-bond acceptors (Lipinski definition) is 6. The summed E-state index contributed by atoms with van der Waals surface area (Å²) >= 11 is 1.23. The number of nitrogen functional groups attached to an aromatic ring is 1. The van der Waals surface area contributed by atoms with E-state index in [4.69, 9.17) is 11.5 Å². The van der Waals surface area contributed by atoms with Crippen molar-refractivity contribution in [3.8, 4) is 0 Å². The first kappa shape index (κ1) is 12.3. The van der Waals surface area contributed by atoms with Gasteiger partial charge in [0, 0.05) is 23.8 Å². The van der Waals surface area contributed by atoms with Crippen LogP contribution in [0.25, 0.3) is 0 Å². The molecule has 0 fully saturated rings. The van der Waals surface area contributed by atoms with Gasteiger partial charge in [-0.05, 0) is 17.7 Å². The monoisotopic (exact) mass is 263 g/mol. The van der Waals surface area contributed by atoms with Crippen molar-refractivity contribution in [3.63, 3.8) is 0 Å². The number of carbonyl (C=O) groups excluding carboxylic acids is 1. The molecule has 0 radical (unpaired) electrons. The lowest BCUT2D eigenvalue weighted by Gasteiger charge is -2.19. The number of benzene rings is 1. The van der Waals surface area contributed by atoms with Crippen molar-refractivity contribution in [2.75, 3.05) is 17.2 Å². The molecule has 94 valence electrons. The molecule has 0 aliphatic rings. The number of nitrogens with two attached hydrogens (primary N) is 2. The summed E-state index contributed by atoms with van der Waals surface area (Å²) in [6.07, 6.45) is 1.46. The van der Waals surface area contributed by atoms with E-state index in [-0.39, 0.29) is 6.54 Å². The lowest BCUT2D eigenvalue weighted by molar-refractivity contribution is -0.116. The van der Waals surface area contributed by atoms with E-state index < -0.39 is 5.91 Å². The summed E-state index contributed by atoms with van der Waals surface area (Å²) in [6.45, 7) is 0.651. The van der Waals surface area contributed by atoms with Crippen LogP contribution < -0.4 is 16.4 Å². The van der Waals surface area contributed by atoms with Gasteiger partial charge in [-0.25, -0.2) is 4.98 Å². The molecular formula is C11H13N5OS. The fourth-order valence-electron chi connectivity index (χ4n) is 1.53. The average molecular weight is 263 g/mol. The topological polar surface area (TPSA) is 98.1 Å². The van der Waals surface area contributed by atoms with Gasteiger partial charge in [-0.2, -0.15) is 4.37 Å². The van der Waals surface area contributed by atoms with E-state index in [1.54, 1.807) is 4.90 Å². The summed E-state index contributed by atoms with van der Waals surface area (Å²) in [6, 6.07) is 7.45. The van der Waals surface area contributed by atoms with Gasteiger partial charge in [0.1, 0.15) is 6.33 Å². The van der Waals surface area contributed by atoms with Gasteiger partial charge in [0.15, 0.2) is 0 Å². The molecule has 0 saturated heterocycles. The molecule has 7 heteroatoms. The van der Waals surface area contributed by atoms with Gasteiger partial charge in [-0.3, -0.25) is 4.79 Å². The molecule has 1 aromatic heterocycles. The largest absolute Gasteiger partial charge is 0.399 e. The third-order valence-corrected chi connectivity index (χ3v) is 3.05. The zero-order chi connectivity index (χ0) is 13.0. The Hall–Kier alpha value is -2.15. The zero-order valence-electron chi connectivity index (χ0n) is 9.61. The molecule has 0 aliphatic carbocycles. The second-order valence-electron chi connectivity index (χ2n) is 3.79. The fraction of sp³-hybridized carbons (Fsp3) is 0.182. The maximum atomic E-state index is 11.1. The van der Waals surface area contributed by atoms with E-state index in [0.717, 1.165) is 5.56 Å². The SMILES string of the molecule is NC(=O)CN(Cc1ccc(N)cc1)c1ncns1. The van der Waals surface area contributed by atoms with Crippen LogP contribution in [0.4, 0.5) is 10.8 Å². The first-order valence-electron chi connectivity index (χ1n) is 5.29. The molecule has 2 aromatic rings. The number of nitrogens with zero attached hydrogens (tertiary/aromatic N) is 3. The first-order valence-corrected chi connectivity index (χ1v) is 6.07. The van der Waals surface area contributed by atoms with Gasteiger partial charge in [0.25, 0.3) is 0 Å². The molecular weight excluding hydrogens is 250 g/mol. The van der Waals surface area contributed by atoms with Crippen molar-refractivity contribution in [1.29, 1.82) is 0 Å². The highest BCUT2D eigenvalue weighted by atomic mass is 32.1. The Morgan fingerprint density at radius 3 is 2.61 bits per heavy atom. The summed E-state index contributed by atoms with van der Waals surface area (Å²) in [7, 11) is 0. The smallest absolute Gasteiger partial charge is 0.237 e. The third-order valence-electron chi connectivity index (χ3n) is 2.32. The van der Waals surface area contributed by atoms with Crippen LogP contribution in [0, 0.1) is 0 Å². The van der Waals surface area contributed by atoms with E-state index in [1.807, 2.05) is 24.3 Å². The lowest BCUT2D eigenvalue weighted by Crippen LogP contribution is -2.33. The van der Waals surface area contributed by atoms with Crippen LogP contribution in [0.15, 0.2) is 30.6 Å². The van der Waals surface area contributed by atoms with E-state index in [1.165, 1.54) is 17.9 Å². The van der Waals surface area contributed by atoms with Gasteiger partial charge in [-0.1, -0.05) is 12.1 Å². The van der Waals surface area contributed by atoms with E-state index in [2.05, 4.69) is 9.36 Å². The molecule has 0 aliphatic heterocycles. The van der Waals surface area contributed by atoms with Crippen LogP contribution in [0.5, 0.6) is 0 Å². The summed E-state index contributed by atoms with van der Waals surface area (Å²) in [5.41, 5.74) is 12.6. The van der Waals surface area contributed by atoms with Crippen molar-refractivity contribution < 1.29 is 4.79 Å². The van der Waals surface area contributed by atoms with Crippen molar-refractivity contribution in [3.05, 3.63) is 36.2 Å². The minimum Gasteiger partial charge on any atom is -0.399 e. The van der Waals surface area contributed by atoms with Crippen LogP contribution in [-0.2, 0) is 11.3 Å². The number of amides is 1. The molecule has 0 bridgehead atoms. The first-order chi connectivity index (χ1) is 8.65. The minimum absolute atomic E-state index is 0.111. The molecule has 0 saturated carbocycles. The van der Waals surface area contributed by atoms with Gasteiger partial charge in [0.2, 0.25) is 11.0 Å². The Labute approximate surface area is 108 Å². The Morgan fingerprint density at radius 1 is 1.33 bits per heavy atom. The van der Waals surface area contributed by atoms with Crippen molar-refractivity contribution in [2.45, 2.75) is 6.54 Å². The van der Waals surface area contributed by atoms with E-state index in [9.17, 15) is 4.79 Å². The predicted octanol–water partition coefficient (Wildman–Crippen LogP) is 0.612. The highest BCUT2D eigenvalue weighted by molar-refractivity contribution is 7.09. The summed E-state index contributed by atoms with van der Waals surface area (Å²) in [4.78, 5) is 16.9. The highest BCUT2D eigenvalue weighted by Gasteiger charge is 2.13. The Bertz CT molecular complexity index is 511. The fourth-order valence-corrected chi connectivity index (χ4v) is 2.06. The summed E-state index contributed by atoms with van der Waals surface area (Å²) < 4.78 is 3.92. The maximum absolute atomic E-state index is 11.1. The second kappa shape index (κ2) is 5.46. The molecule has 6 nitrogen and oxygen atoms in total. The highest BCUT2D eigenvalue weighted by Crippen LogP contribution is 2.18. The zero-order valence-corrected chi connectivity index (χ0v) is 10.4. The van der Waals surface area contributed by atoms with Crippen molar-refractivity contribution >= 4 is 28.3 Å². The number of anilines is 2. The predicted molar refractivity (Wildman–Crippen MR) is 71.0 cm³/mol. The number of hydrogen-bond donors (Lipinski definition) is 2. The quantitative estimate of drug-likeness (QED) is 0.770. The average Bonchev–Trinajstić information content (AvgIpc) is 2.84. The lowest BCUT2D eigenvalue weighted by atomic mass is 10.2. The number of rotatable bonds is 5. The van der Waals surface area contributed by atoms with Gasteiger partial charge < -0.3 is 16.4 Å². The van der Waals surface area contributed by atoms with E-state index >= 15 is 0 Å². The van der Waals surface area contributed by atoms with Crippen LogP contribution in [0.1, 0.15) is 5.56 Å². The summed E-state index contributed by atoms with van der Waals surface area (Å²) in [5.74, 6) is -0.402. The van der Waals surface area contributed by atoms with Gasteiger partial charge in [0.05, 0.1) is 6.54 Å². The van der Waals surface area contributed by atoms with Gasteiger partial charge >= 0.3 is 0 Å². The maximum Gasteiger partial charge on any atom is 0.237 e. The number of aromatic nitrogens is 2. The number of primary amides is 1. The number of carbonyl (C=O) groups is 1. The van der Waals surface area contributed by atoms with Gasteiger partial charge in [-0.15, -0.1) is 0 Å².